The van der Waals surface area contributed by atoms with Crippen molar-refractivity contribution in [1.29, 1.82) is 0 Å². The predicted molar refractivity (Wildman–Crippen MR) is 159 cm³/mol. The van der Waals surface area contributed by atoms with Crippen LogP contribution < -0.4 is 11.0 Å². The van der Waals surface area contributed by atoms with Gasteiger partial charge >= 0.3 is 11.8 Å². The summed E-state index contributed by atoms with van der Waals surface area (Å²) < 4.78 is 8.71. The molecule has 1 aromatic heterocycles. The number of amides is 2. The van der Waals surface area contributed by atoms with E-state index in [0.29, 0.717) is 11.8 Å². The summed E-state index contributed by atoms with van der Waals surface area (Å²) in [4.78, 5) is 53.6. The first kappa shape index (κ1) is 30.8. The van der Waals surface area contributed by atoms with E-state index in [-0.39, 0.29) is 30.5 Å². The van der Waals surface area contributed by atoms with Gasteiger partial charge in [-0.15, -0.1) is 0 Å². The first-order valence-electron chi connectivity index (χ1n) is 15.1. The Bertz CT molecular complexity index is 1280. The maximum absolute atomic E-state index is 13.2. The first-order valence-corrected chi connectivity index (χ1v) is 15.1. The van der Waals surface area contributed by atoms with Gasteiger partial charge in [0.15, 0.2) is 0 Å². The van der Waals surface area contributed by atoms with Gasteiger partial charge in [0.25, 0.3) is 0 Å². The molecule has 41 heavy (non-hydrogen) atoms. The molecule has 2 aliphatic heterocycles. The minimum Gasteiger partial charge on any atom is -0.444 e. The van der Waals surface area contributed by atoms with Crippen molar-refractivity contribution in [3.8, 4) is 0 Å². The molecule has 3 heterocycles. The van der Waals surface area contributed by atoms with E-state index in [0.717, 1.165) is 81.3 Å². The largest absolute Gasteiger partial charge is 0.444 e. The molecule has 2 aliphatic rings. The number of hydrogen-bond donors (Lipinski definition) is 1. The number of para-hydroxylation sites is 1. The number of nitrogens with one attached hydrogen (secondary N) is 1. The Kier molecular flexibility index (Phi) is 9.94. The lowest BCUT2D eigenvalue weighted by atomic mass is 9.83. The molecule has 0 radical (unpaired) electrons. The molecule has 0 aliphatic carbocycles. The second-order valence-electron chi connectivity index (χ2n) is 12.8. The van der Waals surface area contributed by atoms with Crippen LogP contribution >= 0.6 is 0 Å². The fourth-order valence-corrected chi connectivity index (χ4v) is 6.40. The molecule has 1 N–H and O–H groups in total. The Morgan fingerprint density at radius 1 is 1.07 bits per heavy atom. The maximum Gasteiger partial charge on any atom is 0.410 e. The molecule has 1 unspecified atom stereocenters. The lowest BCUT2D eigenvalue weighted by Gasteiger charge is -2.37. The Balaban J connectivity index is 1.33. The number of ether oxygens (including phenoxy) is 1. The highest BCUT2D eigenvalue weighted by Crippen LogP contribution is 2.31. The summed E-state index contributed by atoms with van der Waals surface area (Å²) in [7, 11) is 3.32. The van der Waals surface area contributed by atoms with Crippen LogP contribution in [0.15, 0.2) is 23.0 Å². The van der Waals surface area contributed by atoms with E-state index in [1.807, 2.05) is 37.8 Å². The second-order valence-corrected chi connectivity index (χ2v) is 12.8. The van der Waals surface area contributed by atoms with Crippen LogP contribution in [-0.2, 0) is 27.9 Å². The molecule has 0 spiro atoms. The van der Waals surface area contributed by atoms with Crippen molar-refractivity contribution in [1.82, 2.24) is 24.3 Å². The Morgan fingerprint density at radius 3 is 2.29 bits per heavy atom. The van der Waals surface area contributed by atoms with Crippen LogP contribution in [0.25, 0.3) is 11.0 Å². The van der Waals surface area contributed by atoms with Crippen LogP contribution in [0.3, 0.4) is 0 Å². The minimum atomic E-state index is -0.689. The Hall–Kier alpha value is -3.14. The van der Waals surface area contributed by atoms with Gasteiger partial charge in [0.2, 0.25) is 5.91 Å². The molecule has 0 saturated carbocycles. The third kappa shape index (κ3) is 7.58. The highest BCUT2D eigenvalue weighted by molar-refractivity contribution is 5.81. The number of aldehydes is 1. The summed E-state index contributed by atoms with van der Waals surface area (Å²) in [6.07, 6.45) is 6.62. The zero-order valence-electron chi connectivity index (χ0n) is 25.4. The van der Waals surface area contributed by atoms with Gasteiger partial charge in [0.05, 0.1) is 17.1 Å². The third-order valence-electron chi connectivity index (χ3n) is 8.65. The topological polar surface area (TPSA) is 106 Å². The number of rotatable bonds is 9. The SMILES string of the molecule is CNC(=O)CCC(C=O)n1c(=O)n(C)c2c(CN3CCC(CC4CCN(C(=O)OC(C)(C)C)CC4)CC3)cccc21. The number of piperidine rings is 2. The normalized spacial score (nSPS) is 18.4. The second kappa shape index (κ2) is 13.2. The van der Waals surface area contributed by atoms with Gasteiger partial charge in [-0.3, -0.25) is 18.8 Å². The van der Waals surface area contributed by atoms with Crippen molar-refractivity contribution in [2.24, 2.45) is 18.9 Å². The van der Waals surface area contributed by atoms with Crippen LogP contribution in [0.5, 0.6) is 0 Å². The molecule has 10 heteroatoms. The third-order valence-corrected chi connectivity index (χ3v) is 8.65. The molecule has 2 aromatic rings. The smallest absolute Gasteiger partial charge is 0.410 e. The number of carbonyl (C=O) groups is 3. The zero-order chi connectivity index (χ0) is 29.7. The number of carbonyl (C=O) groups excluding carboxylic acids is 3. The lowest BCUT2D eigenvalue weighted by Crippen LogP contribution is -2.42. The van der Waals surface area contributed by atoms with Crippen molar-refractivity contribution in [2.75, 3.05) is 33.2 Å². The van der Waals surface area contributed by atoms with Gasteiger partial charge < -0.3 is 19.7 Å². The summed E-state index contributed by atoms with van der Waals surface area (Å²) in [6, 6.07) is 5.21. The van der Waals surface area contributed by atoms with E-state index in [1.165, 1.54) is 11.0 Å². The Labute approximate surface area is 243 Å². The minimum absolute atomic E-state index is 0.152. The van der Waals surface area contributed by atoms with E-state index in [2.05, 4.69) is 16.3 Å². The average molecular weight is 570 g/mol. The highest BCUT2D eigenvalue weighted by atomic mass is 16.6. The van der Waals surface area contributed by atoms with Gasteiger partial charge in [-0.05, 0) is 95.9 Å². The highest BCUT2D eigenvalue weighted by Gasteiger charge is 2.30. The molecule has 2 amide bonds. The lowest BCUT2D eigenvalue weighted by molar-refractivity contribution is -0.121. The number of fused-ring (bicyclic) bond motifs is 1. The molecule has 226 valence electrons. The molecule has 2 saturated heterocycles. The number of nitrogens with zero attached hydrogens (tertiary/aromatic N) is 4. The van der Waals surface area contributed by atoms with E-state index in [1.54, 1.807) is 18.7 Å². The van der Waals surface area contributed by atoms with Gasteiger partial charge in [-0.1, -0.05) is 12.1 Å². The van der Waals surface area contributed by atoms with Crippen molar-refractivity contribution >= 4 is 29.3 Å². The standard InChI is InChI=1S/C31H47N5O5/c1-31(2,3)41-30(40)35-17-13-23(14-18-35)19-22-11-15-34(16-12-22)20-24-7-6-8-26-28(24)33(5)29(39)36(26)25(21-37)9-10-27(38)32-4/h6-8,21-23,25H,9-20H2,1-5H3,(H,32,38). The molecule has 4 rings (SSSR count). The molecule has 10 nitrogen and oxygen atoms in total. The average Bonchev–Trinajstić information content (AvgIpc) is 3.20. The van der Waals surface area contributed by atoms with Crippen LogP contribution in [0.1, 0.15) is 77.3 Å². The van der Waals surface area contributed by atoms with Crippen molar-refractivity contribution in [3.63, 3.8) is 0 Å². The van der Waals surface area contributed by atoms with Gasteiger partial charge in [0.1, 0.15) is 11.9 Å². The number of likely N-dealkylation sites (tertiary alicyclic amines) is 2. The van der Waals surface area contributed by atoms with Crippen LogP contribution in [0.4, 0.5) is 4.79 Å². The maximum atomic E-state index is 13.2. The number of aromatic nitrogens is 2. The molecular formula is C31H47N5O5. The van der Waals surface area contributed by atoms with Crippen molar-refractivity contribution in [3.05, 3.63) is 34.2 Å². The summed E-state index contributed by atoms with van der Waals surface area (Å²) in [6.45, 7) is 10.0. The summed E-state index contributed by atoms with van der Waals surface area (Å²) in [5, 5.41) is 2.57. The van der Waals surface area contributed by atoms with E-state index in [9.17, 15) is 19.2 Å². The van der Waals surface area contributed by atoms with Crippen molar-refractivity contribution in [2.45, 2.75) is 83.9 Å². The first-order chi connectivity index (χ1) is 19.5. The number of aryl methyl sites for hydroxylation is 1. The van der Waals surface area contributed by atoms with Crippen molar-refractivity contribution < 1.29 is 19.1 Å². The van der Waals surface area contributed by atoms with Crippen LogP contribution in [-0.4, -0.2) is 76.0 Å². The van der Waals surface area contributed by atoms with Crippen LogP contribution in [0.2, 0.25) is 0 Å². The van der Waals surface area contributed by atoms with Crippen LogP contribution in [0, 0.1) is 11.8 Å². The fourth-order valence-electron chi connectivity index (χ4n) is 6.40. The zero-order valence-corrected chi connectivity index (χ0v) is 25.4. The molecule has 1 atom stereocenters. The summed E-state index contributed by atoms with van der Waals surface area (Å²) in [5.74, 6) is 1.20. The molecule has 2 fully saturated rings. The van der Waals surface area contributed by atoms with E-state index >= 15 is 0 Å². The number of imidazole rings is 1. The quantitative estimate of drug-likeness (QED) is 0.460. The van der Waals surface area contributed by atoms with Gasteiger partial charge in [-0.25, -0.2) is 9.59 Å². The molecule has 1 aromatic carbocycles. The fraction of sp³-hybridized carbons (Fsp3) is 0.677. The molecule has 0 bridgehead atoms. The predicted octanol–water partition coefficient (Wildman–Crippen LogP) is 3.86. The number of hydrogen-bond acceptors (Lipinski definition) is 6. The summed E-state index contributed by atoms with van der Waals surface area (Å²) in [5.41, 5.74) is 1.96. The monoisotopic (exact) mass is 569 g/mol. The van der Waals surface area contributed by atoms with E-state index < -0.39 is 11.6 Å². The number of benzene rings is 1. The van der Waals surface area contributed by atoms with Gasteiger partial charge in [-0.2, -0.15) is 0 Å². The molecular weight excluding hydrogens is 522 g/mol. The summed E-state index contributed by atoms with van der Waals surface area (Å²) >= 11 is 0. The van der Waals surface area contributed by atoms with E-state index in [4.69, 9.17) is 4.74 Å². The Morgan fingerprint density at radius 2 is 1.71 bits per heavy atom. The van der Waals surface area contributed by atoms with Gasteiger partial charge in [0, 0.05) is 40.2 Å².